The molecule has 2 N–H and O–H groups in total. The van der Waals surface area contributed by atoms with Crippen molar-refractivity contribution >= 4 is 11.9 Å². The van der Waals surface area contributed by atoms with Gasteiger partial charge in [-0.2, -0.15) is 0 Å². The smallest absolute Gasteiger partial charge is 0.326 e. The van der Waals surface area contributed by atoms with E-state index in [2.05, 4.69) is 10.3 Å². The number of carbonyl (C=O) groups is 2. The van der Waals surface area contributed by atoms with Gasteiger partial charge in [0.05, 0.1) is 0 Å². The van der Waals surface area contributed by atoms with E-state index >= 15 is 0 Å². The highest BCUT2D eigenvalue weighted by atomic mass is 16.4. The average molecular weight is 252 g/mol. The zero-order chi connectivity index (χ0) is 13.5. The fraction of sp³-hybridized carbons (Fsp3) is 0.417. The molecule has 1 aromatic heterocycles. The summed E-state index contributed by atoms with van der Waals surface area (Å²) in [4.78, 5) is 26.6. The quantitative estimate of drug-likeness (QED) is 0.746. The number of oxazole rings is 1. The van der Waals surface area contributed by atoms with E-state index in [1.165, 1.54) is 6.39 Å². The second-order valence-corrected chi connectivity index (χ2v) is 3.65. The van der Waals surface area contributed by atoms with Crippen molar-refractivity contribution in [3.63, 3.8) is 0 Å². The Morgan fingerprint density at radius 2 is 2.33 bits per heavy atom. The maximum absolute atomic E-state index is 11.8. The van der Waals surface area contributed by atoms with Crippen molar-refractivity contribution in [2.24, 2.45) is 0 Å². The van der Waals surface area contributed by atoms with Crippen molar-refractivity contribution in [2.75, 3.05) is 0 Å². The van der Waals surface area contributed by atoms with Crippen molar-refractivity contribution in [1.82, 2.24) is 10.3 Å². The van der Waals surface area contributed by atoms with Gasteiger partial charge in [-0.15, -0.1) is 0 Å². The molecule has 1 atom stereocenters. The second-order valence-electron chi connectivity index (χ2n) is 3.65. The minimum absolute atomic E-state index is 0.143. The van der Waals surface area contributed by atoms with E-state index in [9.17, 15) is 9.59 Å². The molecule has 0 fully saturated rings. The van der Waals surface area contributed by atoms with Crippen molar-refractivity contribution in [3.05, 3.63) is 30.0 Å². The van der Waals surface area contributed by atoms with Crippen LogP contribution in [0.3, 0.4) is 0 Å². The van der Waals surface area contributed by atoms with Crippen LogP contribution in [0.15, 0.2) is 23.0 Å². The van der Waals surface area contributed by atoms with Gasteiger partial charge in [-0.3, -0.25) is 4.79 Å². The van der Waals surface area contributed by atoms with Gasteiger partial charge in [0.1, 0.15) is 11.8 Å². The highest BCUT2D eigenvalue weighted by molar-refractivity contribution is 5.95. The van der Waals surface area contributed by atoms with Crippen LogP contribution in [0.25, 0.3) is 0 Å². The zero-order valence-electron chi connectivity index (χ0n) is 10.3. The number of allylic oxidation sites excluding steroid dienone is 1. The Kier molecular flexibility index (Phi) is 5.10. The summed E-state index contributed by atoms with van der Waals surface area (Å²) < 4.78 is 5.02. The summed E-state index contributed by atoms with van der Waals surface area (Å²) in [5.74, 6) is -1.16. The predicted octanol–water partition coefficient (Wildman–Crippen LogP) is 1.39. The van der Waals surface area contributed by atoms with Crippen LogP contribution in [0.2, 0.25) is 0 Å². The number of hydrogen-bond donors (Lipinski definition) is 2. The molecule has 0 aliphatic carbocycles. The first kappa shape index (κ1) is 14.0. The number of amides is 1. The molecular formula is C12H16N2O4. The molecule has 18 heavy (non-hydrogen) atoms. The first-order valence-corrected chi connectivity index (χ1v) is 5.67. The van der Waals surface area contributed by atoms with Gasteiger partial charge in [-0.05, 0) is 13.3 Å². The topological polar surface area (TPSA) is 92.4 Å². The van der Waals surface area contributed by atoms with E-state index < -0.39 is 17.9 Å². The number of aliphatic carboxylic acids is 1. The van der Waals surface area contributed by atoms with E-state index in [-0.39, 0.29) is 12.1 Å². The lowest BCUT2D eigenvalue weighted by molar-refractivity contribution is -0.139. The van der Waals surface area contributed by atoms with Crippen LogP contribution < -0.4 is 5.32 Å². The van der Waals surface area contributed by atoms with Crippen molar-refractivity contribution in [2.45, 2.75) is 32.7 Å². The molecule has 0 aliphatic rings. The van der Waals surface area contributed by atoms with Crippen LogP contribution in [0.4, 0.5) is 0 Å². The van der Waals surface area contributed by atoms with E-state index in [0.717, 1.165) is 0 Å². The Balaban J connectivity index is 2.75. The molecule has 1 aromatic rings. The Morgan fingerprint density at radius 3 is 2.89 bits per heavy atom. The summed E-state index contributed by atoms with van der Waals surface area (Å²) in [5, 5.41) is 11.4. The number of carbonyl (C=O) groups excluding carboxylic acids is 1. The SMILES string of the molecule is C/C=C/CC(NC(=O)c1ncoc1CC)C(=O)O. The molecule has 6 heteroatoms. The number of aromatic nitrogens is 1. The molecule has 0 spiro atoms. The summed E-state index contributed by atoms with van der Waals surface area (Å²) >= 11 is 0. The highest BCUT2D eigenvalue weighted by Gasteiger charge is 2.22. The molecule has 0 saturated heterocycles. The Labute approximate surface area is 105 Å². The van der Waals surface area contributed by atoms with Crippen LogP contribution >= 0.6 is 0 Å². The van der Waals surface area contributed by atoms with Crippen LogP contribution in [0, 0.1) is 0 Å². The minimum atomic E-state index is -1.08. The van der Waals surface area contributed by atoms with Gasteiger partial charge in [-0.25, -0.2) is 9.78 Å². The van der Waals surface area contributed by atoms with Crippen molar-refractivity contribution in [3.8, 4) is 0 Å². The summed E-state index contributed by atoms with van der Waals surface area (Å²) in [6, 6.07) is -0.963. The number of aryl methyl sites for hydroxylation is 1. The van der Waals surface area contributed by atoms with Gasteiger partial charge in [0.2, 0.25) is 0 Å². The third-order valence-corrected chi connectivity index (χ3v) is 2.39. The van der Waals surface area contributed by atoms with E-state index in [1.54, 1.807) is 19.1 Å². The van der Waals surface area contributed by atoms with Crippen LogP contribution in [-0.2, 0) is 11.2 Å². The molecule has 0 aromatic carbocycles. The first-order valence-electron chi connectivity index (χ1n) is 5.67. The molecule has 0 aliphatic heterocycles. The number of hydrogen-bond acceptors (Lipinski definition) is 4. The van der Waals surface area contributed by atoms with Crippen LogP contribution in [0.5, 0.6) is 0 Å². The zero-order valence-corrected chi connectivity index (χ0v) is 10.3. The van der Waals surface area contributed by atoms with Crippen LogP contribution in [0.1, 0.15) is 36.5 Å². The van der Waals surface area contributed by atoms with Gasteiger partial charge >= 0.3 is 5.97 Å². The fourth-order valence-electron chi connectivity index (χ4n) is 1.43. The van der Waals surface area contributed by atoms with E-state index in [4.69, 9.17) is 9.52 Å². The Morgan fingerprint density at radius 1 is 1.61 bits per heavy atom. The maximum Gasteiger partial charge on any atom is 0.326 e. The summed E-state index contributed by atoms with van der Waals surface area (Å²) in [5.41, 5.74) is 0.143. The molecule has 98 valence electrons. The number of nitrogens with one attached hydrogen (secondary N) is 1. The summed E-state index contributed by atoms with van der Waals surface area (Å²) in [6.45, 7) is 3.61. The average Bonchev–Trinajstić information content (AvgIpc) is 2.82. The lowest BCUT2D eigenvalue weighted by Crippen LogP contribution is -2.40. The molecule has 0 saturated carbocycles. The highest BCUT2D eigenvalue weighted by Crippen LogP contribution is 2.08. The van der Waals surface area contributed by atoms with Gasteiger partial charge < -0.3 is 14.8 Å². The lowest BCUT2D eigenvalue weighted by atomic mass is 10.2. The molecule has 1 unspecified atom stereocenters. The summed E-state index contributed by atoms with van der Waals surface area (Å²) in [6.07, 6.45) is 5.35. The van der Waals surface area contributed by atoms with Crippen molar-refractivity contribution < 1.29 is 19.1 Å². The van der Waals surface area contributed by atoms with E-state index in [1.807, 2.05) is 6.92 Å². The molecule has 0 radical (unpaired) electrons. The first-order chi connectivity index (χ1) is 8.60. The number of carboxylic acids is 1. The fourth-order valence-corrected chi connectivity index (χ4v) is 1.43. The monoisotopic (exact) mass is 252 g/mol. The van der Waals surface area contributed by atoms with E-state index in [0.29, 0.717) is 12.2 Å². The predicted molar refractivity (Wildman–Crippen MR) is 64.2 cm³/mol. The molecule has 6 nitrogen and oxygen atoms in total. The molecule has 1 rings (SSSR count). The maximum atomic E-state index is 11.8. The Bertz CT molecular complexity index is 451. The second kappa shape index (κ2) is 6.58. The van der Waals surface area contributed by atoms with Crippen LogP contribution in [-0.4, -0.2) is 28.0 Å². The standard InChI is InChI=1S/C12H16N2O4/c1-3-5-6-8(12(16)17)14-11(15)10-9(4-2)18-7-13-10/h3,5,7-8H,4,6H2,1-2H3,(H,14,15)(H,16,17)/b5-3+. The number of carboxylic acid groups (broad SMARTS) is 1. The number of nitrogens with zero attached hydrogens (tertiary/aromatic N) is 1. The molecule has 1 heterocycles. The van der Waals surface area contributed by atoms with Gasteiger partial charge in [0.25, 0.3) is 5.91 Å². The third kappa shape index (κ3) is 3.44. The molecule has 0 bridgehead atoms. The molecular weight excluding hydrogens is 236 g/mol. The van der Waals surface area contributed by atoms with Crippen molar-refractivity contribution in [1.29, 1.82) is 0 Å². The summed E-state index contributed by atoms with van der Waals surface area (Å²) in [7, 11) is 0. The lowest BCUT2D eigenvalue weighted by Gasteiger charge is -2.11. The third-order valence-electron chi connectivity index (χ3n) is 2.39. The van der Waals surface area contributed by atoms with Gasteiger partial charge in [0, 0.05) is 6.42 Å². The number of rotatable bonds is 6. The minimum Gasteiger partial charge on any atom is -0.480 e. The molecule has 1 amide bonds. The normalized spacial score (nSPS) is 12.6. The van der Waals surface area contributed by atoms with Gasteiger partial charge in [-0.1, -0.05) is 19.1 Å². The largest absolute Gasteiger partial charge is 0.480 e. The Hall–Kier alpha value is -2.11. The van der Waals surface area contributed by atoms with Gasteiger partial charge in [0.15, 0.2) is 12.1 Å².